The number of hydrogen-bond donors (Lipinski definition) is 2. The second-order valence-electron chi connectivity index (χ2n) is 4.78. The fourth-order valence-electron chi connectivity index (χ4n) is 1.53. The molecule has 0 spiro atoms. The molecule has 0 unspecified atom stereocenters. The molecule has 0 atom stereocenters. The van der Waals surface area contributed by atoms with Crippen LogP contribution in [0.15, 0.2) is 24.3 Å². The lowest BCUT2D eigenvalue weighted by molar-refractivity contribution is 0.0860. The summed E-state index contributed by atoms with van der Waals surface area (Å²) in [6, 6.07) is 6.24. The predicted octanol–water partition coefficient (Wildman–Crippen LogP) is 2.14. The first-order valence-electron chi connectivity index (χ1n) is 5.54. The lowest BCUT2D eigenvalue weighted by atomic mass is 10.1. The van der Waals surface area contributed by atoms with Gasteiger partial charge in [-0.05, 0) is 45.0 Å². The van der Waals surface area contributed by atoms with Crippen LogP contribution in [-0.4, -0.2) is 34.2 Å². The van der Waals surface area contributed by atoms with Crippen molar-refractivity contribution in [2.75, 3.05) is 11.4 Å². The molecule has 5 heteroatoms. The van der Waals surface area contributed by atoms with Crippen molar-refractivity contribution < 1.29 is 19.8 Å². The Kier molecular flexibility index (Phi) is 4.08. The van der Waals surface area contributed by atoms with E-state index in [0.29, 0.717) is 11.3 Å². The van der Waals surface area contributed by atoms with Crippen LogP contribution in [0.2, 0.25) is 0 Å². The quantitative estimate of drug-likeness (QED) is 0.804. The summed E-state index contributed by atoms with van der Waals surface area (Å²) in [6.07, 6.45) is -1.15. The Bertz CT molecular complexity index is 445. The highest BCUT2D eigenvalue weighted by atomic mass is 16.4. The summed E-state index contributed by atoms with van der Waals surface area (Å²) < 4.78 is 0. The van der Waals surface area contributed by atoms with Crippen molar-refractivity contribution in [1.82, 2.24) is 0 Å². The van der Waals surface area contributed by atoms with Gasteiger partial charge in [0.2, 0.25) is 0 Å². The molecular weight excluding hydrogens is 234 g/mol. The van der Waals surface area contributed by atoms with E-state index in [1.807, 2.05) is 0 Å². The lowest BCUT2D eigenvalue weighted by Gasteiger charge is -2.26. The highest BCUT2D eigenvalue weighted by molar-refractivity contribution is 5.95. The van der Waals surface area contributed by atoms with Gasteiger partial charge in [0, 0.05) is 11.3 Å². The molecule has 1 aromatic rings. The lowest BCUT2D eigenvalue weighted by Crippen LogP contribution is -2.41. The van der Waals surface area contributed by atoms with Crippen LogP contribution in [0, 0.1) is 0 Å². The van der Waals surface area contributed by atoms with Crippen molar-refractivity contribution in [2.24, 2.45) is 0 Å². The highest BCUT2D eigenvalue weighted by Gasteiger charge is 2.23. The summed E-state index contributed by atoms with van der Waals surface area (Å²) >= 11 is 0. The van der Waals surface area contributed by atoms with Gasteiger partial charge in [-0.3, -0.25) is 9.69 Å². The summed E-state index contributed by atoms with van der Waals surface area (Å²) in [7, 11) is 0. The number of hydrogen-bond acceptors (Lipinski definition) is 3. The molecule has 0 bridgehead atoms. The van der Waals surface area contributed by atoms with Gasteiger partial charge in [0.15, 0.2) is 5.78 Å². The Hall–Kier alpha value is -1.88. The van der Waals surface area contributed by atoms with Crippen molar-refractivity contribution in [3.05, 3.63) is 29.8 Å². The number of benzene rings is 1. The van der Waals surface area contributed by atoms with Gasteiger partial charge in [-0.2, -0.15) is 0 Å². The molecule has 2 N–H and O–H groups in total. The summed E-state index contributed by atoms with van der Waals surface area (Å²) in [5, 5.41) is 18.8. The van der Waals surface area contributed by atoms with Crippen LogP contribution in [0.1, 0.15) is 31.1 Å². The van der Waals surface area contributed by atoms with Crippen molar-refractivity contribution >= 4 is 17.6 Å². The zero-order valence-electron chi connectivity index (χ0n) is 10.7. The molecule has 0 heterocycles. The molecule has 0 saturated heterocycles. The first-order chi connectivity index (χ1) is 8.20. The first kappa shape index (κ1) is 14.2. The van der Waals surface area contributed by atoms with Crippen molar-refractivity contribution in [2.45, 2.75) is 26.4 Å². The fourth-order valence-corrected chi connectivity index (χ4v) is 1.53. The maximum absolute atomic E-state index is 11.1. The summed E-state index contributed by atoms with van der Waals surface area (Å²) in [5.74, 6) is -0.0779. The van der Waals surface area contributed by atoms with Crippen LogP contribution in [0.25, 0.3) is 0 Å². The molecule has 0 aromatic heterocycles. The van der Waals surface area contributed by atoms with E-state index in [-0.39, 0.29) is 12.3 Å². The van der Waals surface area contributed by atoms with E-state index >= 15 is 0 Å². The highest BCUT2D eigenvalue weighted by Crippen LogP contribution is 2.18. The average Bonchev–Trinajstić information content (AvgIpc) is 2.24. The average molecular weight is 251 g/mol. The van der Waals surface area contributed by atoms with Gasteiger partial charge in [0.1, 0.15) is 0 Å². The van der Waals surface area contributed by atoms with Crippen LogP contribution in [0.3, 0.4) is 0 Å². The van der Waals surface area contributed by atoms with Crippen LogP contribution in [0.5, 0.6) is 0 Å². The van der Waals surface area contributed by atoms with Gasteiger partial charge >= 0.3 is 6.09 Å². The maximum atomic E-state index is 11.1. The minimum Gasteiger partial charge on any atom is -0.465 e. The number of carboxylic acid groups (broad SMARTS) is 1. The van der Waals surface area contributed by atoms with Crippen LogP contribution in [0.4, 0.5) is 10.5 Å². The summed E-state index contributed by atoms with van der Waals surface area (Å²) in [5.41, 5.74) is -0.181. The van der Waals surface area contributed by atoms with Gasteiger partial charge in [-0.1, -0.05) is 0 Å². The number of rotatable bonds is 4. The second kappa shape index (κ2) is 5.18. The zero-order valence-corrected chi connectivity index (χ0v) is 10.7. The first-order valence-corrected chi connectivity index (χ1v) is 5.54. The smallest absolute Gasteiger partial charge is 0.411 e. The Morgan fingerprint density at radius 1 is 1.22 bits per heavy atom. The van der Waals surface area contributed by atoms with Crippen molar-refractivity contribution in [1.29, 1.82) is 0 Å². The molecule has 0 aliphatic heterocycles. The summed E-state index contributed by atoms with van der Waals surface area (Å²) in [4.78, 5) is 23.3. The molecule has 0 aliphatic carbocycles. The van der Waals surface area contributed by atoms with Crippen LogP contribution in [-0.2, 0) is 0 Å². The Morgan fingerprint density at radius 3 is 2.06 bits per heavy atom. The van der Waals surface area contributed by atoms with E-state index in [2.05, 4.69) is 0 Å². The third-order valence-corrected chi connectivity index (χ3v) is 2.36. The normalized spacial score (nSPS) is 11.1. The Balaban J connectivity index is 3.00. The van der Waals surface area contributed by atoms with Gasteiger partial charge in [-0.15, -0.1) is 0 Å². The molecule has 0 fully saturated rings. The monoisotopic (exact) mass is 251 g/mol. The number of amides is 1. The zero-order chi connectivity index (χ0) is 13.9. The van der Waals surface area contributed by atoms with Gasteiger partial charge in [0.25, 0.3) is 0 Å². The number of ketones is 1. The molecule has 1 aromatic carbocycles. The van der Waals surface area contributed by atoms with Gasteiger partial charge < -0.3 is 10.2 Å². The van der Waals surface area contributed by atoms with Crippen LogP contribution >= 0.6 is 0 Å². The van der Waals surface area contributed by atoms with E-state index in [0.717, 1.165) is 4.90 Å². The largest absolute Gasteiger partial charge is 0.465 e. The molecular formula is C13H17NO4. The Labute approximate surface area is 106 Å². The third kappa shape index (κ3) is 3.85. The molecule has 5 nitrogen and oxygen atoms in total. The van der Waals surface area contributed by atoms with E-state index < -0.39 is 11.7 Å². The molecule has 1 amide bonds. The fraction of sp³-hybridized carbons (Fsp3) is 0.385. The minimum absolute atomic E-state index is 0.0399. The molecule has 0 radical (unpaired) electrons. The second-order valence-corrected chi connectivity index (χ2v) is 4.78. The van der Waals surface area contributed by atoms with Gasteiger partial charge in [0.05, 0.1) is 12.1 Å². The van der Waals surface area contributed by atoms with Crippen molar-refractivity contribution in [3.8, 4) is 0 Å². The molecule has 98 valence electrons. The molecule has 0 saturated carbocycles. The third-order valence-electron chi connectivity index (χ3n) is 2.36. The number of carbonyl (C=O) groups excluding carboxylic acids is 1. The number of carbonyl (C=O) groups is 2. The van der Waals surface area contributed by atoms with Crippen LogP contribution < -0.4 is 4.90 Å². The molecule has 1 rings (SSSR count). The topological polar surface area (TPSA) is 77.8 Å². The number of Topliss-reactive ketones (excluding diaryl/α,β-unsaturated/α-hetero) is 1. The Morgan fingerprint density at radius 2 is 1.72 bits per heavy atom. The number of nitrogens with zero attached hydrogens (tertiary/aromatic N) is 1. The SMILES string of the molecule is CC(=O)c1ccc(N(CC(C)(C)O)C(=O)O)cc1. The number of anilines is 1. The van der Waals surface area contributed by atoms with E-state index in [4.69, 9.17) is 5.11 Å². The van der Waals surface area contributed by atoms with E-state index in [9.17, 15) is 14.7 Å². The van der Waals surface area contributed by atoms with Crippen molar-refractivity contribution in [3.63, 3.8) is 0 Å². The summed E-state index contributed by atoms with van der Waals surface area (Å²) in [6.45, 7) is 4.47. The predicted molar refractivity (Wildman–Crippen MR) is 68.1 cm³/mol. The van der Waals surface area contributed by atoms with E-state index in [1.165, 1.54) is 20.8 Å². The standard InChI is InChI=1S/C13H17NO4/c1-9(15)10-4-6-11(7-5-10)14(12(16)17)8-13(2,3)18/h4-7,18H,8H2,1-3H3,(H,16,17). The molecule has 0 aliphatic rings. The van der Waals surface area contributed by atoms with E-state index in [1.54, 1.807) is 24.3 Å². The van der Waals surface area contributed by atoms with Gasteiger partial charge in [-0.25, -0.2) is 4.79 Å². The minimum atomic E-state index is -1.15. The molecule has 18 heavy (non-hydrogen) atoms. The maximum Gasteiger partial charge on any atom is 0.411 e. The number of aliphatic hydroxyl groups is 1.